The first-order valence-corrected chi connectivity index (χ1v) is 7.62. The predicted octanol–water partition coefficient (Wildman–Crippen LogP) is 3.12. The highest BCUT2D eigenvalue weighted by Crippen LogP contribution is 2.71. The van der Waals surface area contributed by atoms with Gasteiger partial charge in [-0.1, -0.05) is 24.8 Å². The van der Waals surface area contributed by atoms with Gasteiger partial charge in [-0.05, 0) is 60.8 Å². The van der Waals surface area contributed by atoms with Gasteiger partial charge in [-0.2, -0.15) is 0 Å². The lowest BCUT2D eigenvalue weighted by Crippen LogP contribution is -2.39. The Morgan fingerprint density at radius 1 is 1.43 bits per heavy atom. The molecule has 0 aromatic heterocycles. The summed E-state index contributed by atoms with van der Waals surface area (Å²) in [7, 11) is 0. The van der Waals surface area contributed by atoms with Gasteiger partial charge in [-0.25, -0.2) is 0 Å². The van der Waals surface area contributed by atoms with Gasteiger partial charge >= 0.3 is 5.97 Å². The molecule has 21 heavy (non-hydrogen) atoms. The largest absolute Gasteiger partial charge is 0.481 e. The lowest BCUT2D eigenvalue weighted by Gasteiger charge is -2.41. The van der Waals surface area contributed by atoms with Crippen LogP contribution in [0, 0.1) is 12.3 Å². The van der Waals surface area contributed by atoms with Crippen LogP contribution in [0.5, 0.6) is 0 Å². The molecule has 1 aromatic rings. The fourth-order valence-corrected chi connectivity index (χ4v) is 5.40. The topological polar surface area (TPSA) is 57.5 Å². The van der Waals surface area contributed by atoms with E-state index in [1.54, 1.807) is 0 Å². The van der Waals surface area contributed by atoms with Gasteiger partial charge in [0.2, 0.25) is 0 Å². The molecule has 0 saturated heterocycles. The highest BCUT2D eigenvalue weighted by Gasteiger charge is 2.66. The number of carbonyl (C=O) groups is 1. The van der Waals surface area contributed by atoms with Crippen LogP contribution in [0.3, 0.4) is 0 Å². The van der Waals surface area contributed by atoms with Gasteiger partial charge in [0.1, 0.15) is 0 Å². The van der Waals surface area contributed by atoms with Crippen LogP contribution in [0.1, 0.15) is 54.2 Å². The Bertz CT molecular complexity index is 677. The van der Waals surface area contributed by atoms with E-state index in [-0.39, 0.29) is 11.3 Å². The first-order chi connectivity index (χ1) is 9.89. The first kappa shape index (κ1) is 13.1. The minimum absolute atomic E-state index is 0.244. The van der Waals surface area contributed by atoms with Gasteiger partial charge < -0.3 is 10.2 Å². The maximum atomic E-state index is 12.1. The minimum Gasteiger partial charge on any atom is -0.481 e. The highest BCUT2D eigenvalue weighted by atomic mass is 16.4. The second-order valence-corrected chi connectivity index (χ2v) is 7.16. The van der Waals surface area contributed by atoms with E-state index in [9.17, 15) is 15.0 Å². The lowest BCUT2D eigenvalue weighted by atomic mass is 9.63. The Balaban J connectivity index is 1.98. The Morgan fingerprint density at radius 2 is 2.19 bits per heavy atom. The van der Waals surface area contributed by atoms with Crippen molar-refractivity contribution in [3.8, 4) is 0 Å². The number of carboxylic acids is 1. The predicted molar refractivity (Wildman–Crippen MR) is 79.3 cm³/mol. The van der Waals surface area contributed by atoms with Gasteiger partial charge in [0, 0.05) is 5.41 Å². The molecule has 3 aliphatic carbocycles. The van der Waals surface area contributed by atoms with Crippen LogP contribution in [0.25, 0.3) is 0 Å². The molecule has 0 heterocycles. The van der Waals surface area contributed by atoms with Crippen LogP contribution in [-0.4, -0.2) is 21.8 Å². The number of hydrogen-bond acceptors (Lipinski definition) is 2. The van der Waals surface area contributed by atoms with Crippen molar-refractivity contribution in [2.45, 2.75) is 50.0 Å². The second kappa shape index (κ2) is 3.77. The number of carboxylic acid groups (broad SMARTS) is 1. The summed E-state index contributed by atoms with van der Waals surface area (Å²) in [6, 6.07) is 6.11. The van der Waals surface area contributed by atoms with Crippen molar-refractivity contribution in [2.75, 3.05) is 0 Å². The average Bonchev–Trinajstić information content (AvgIpc) is 2.79. The SMILES string of the molecule is C=C1C[C@]23C[C@@]1(O)CC[C@@H]2c1cccc(C)c1[C@@H]3C(=O)O. The van der Waals surface area contributed by atoms with Gasteiger partial charge in [0.05, 0.1) is 11.5 Å². The molecule has 2 saturated carbocycles. The van der Waals surface area contributed by atoms with Crippen molar-refractivity contribution in [3.63, 3.8) is 0 Å². The van der Waals surface area contributed by atoms with Crippen LogP contribution < -0.4 is 0 Å². The third kappa shape index (κ3) is 1.40. The standard InChI is InChI=1S/C18H20O3/c1-10-4-3-5-12-13-6-7-18(21)9-17(13,8-11(18)2)15(14(10)12)16(19)20/h3-5,13,15,21H,2,6-9H2,1H3,(H,19,20)/t13-,15-,17+,18+/m1/s1. The molecule has 4 atom stereocenters. The van der Waals surface area contributed by atoms with Crippen LogP contribution >= 0.6 is 0 Å². The molecule has 1 spiro atoms. The molecule has 3 aliphatic rings. The third-order valence-electron chi connectivity index (χ3n) is 6.21. The van der Waals surface area contributed by atoms with Crippen molar-refractivity contribution >= 4 is 5.97 Å². The number of aryl methyl sites for hydroxylation is 1. The summed E-state index contributed by atoms with van der Waals surface area (Å²) in [5.41, 5.74) is 2.87. The molecule has 2 fully saturated rings. The van der Waals surface area contributed by atoms with E-state index in [0.29, 0.717) is 19.3 Å². The monoisotopic (exact) mass is 284 g/mol. The molecule has 2 N–H and O–H groups in total. The number of hydrogen-bond donors (Lipinski definition) is 2. The molecule has 0 radical (unpaired) electrons. The van der Waals surface area contributed by atoms with Crippen LogP contribution in [0.2, 0.25) is 0 Å². The minimum atomic E-state index is -0.847. The van der Waals surface area contributed by atoms with Gasteiger partial charge in [0.15, 0.2) is 0 Å². The molecule has 4 rings (SSSR count). The fraction of sp³-hybridized carbons (Fsp3) is 0.500. The normalized spacial score (nSPS) is 40.0. The second-order valence-electron chi connectivity index (χ2n) is 7.16. The highest BCUT2D eigenvalue weighted by molar-refractivity contribution is 5.81. The van der Waals surface area contributed by atoms with Crippen molar-refractivity contribution in [1.29, 1.82) is 0 Å². The maximum Gasteiger partial charge on any atom is 0.311 e. The summed E-state index contributed by atoms with van der Waals surface area (Å²) < 4.78 is 0. The van der Waals surface area contributed by atoms with Crippen molar-refractivity contribution in [3.05, 3.63) is 47.0 Å². The zero-order valence-electron chi connectivity index (χ0n) is 12.2. The van der Waals surface area contributed by atoms with Gasteiger partial charge in [-0.15, -0.1) is 0 Å². The maximum absolute atomic E-state index is 12.1. The molecule has 1 aromatic carbocycles. The molecule has 0 aliphatic heterocycles. The Kier molecular flexibility index (Phi) is 2.35. The van der Waals surface area contributed by atoms with E-state index in [1.165, 1.54) is 5.56 Å². The van der Waals surface area contributed by atoms with Gasteiger partial charge in [-0.3, -0.25) is 4.79 Å². The molecular weight excluding hydrogens is 264 g/mol. The zero-order valence-corrected chi connectivity index (χ0v) is 12.2. The molecule has 0 amide bonds. The Morgan fingerprint density at radius 3 is 2.90 bits per heavy atom. The number of rotatable bonds is 1. The number of aliphatic hydroxyl groups is 1. The van der Waals surface area contributed by atoms with E-state index in [2.05, 4.69) is 12.6 Å². The van der Waals surface area contributed by atoms with Crippen molar-refractivity contribution < 1.29 is 15.0 Å². The quantitative estimate of drug-likeness (QED) is 0.779. The fourth-order valence-electron chi connectivity index (χ4n) is 5.40. The summed E-state index contributed by atoms with van der Waals surface area (Å²) in [4.78, 5) is 12.1. The molecule has 0 unspecified atom stereocenters. The van der Waals surface area contributed by atoms with Crippen molar-refractivity contribution in [2.24, 2.45) is 5.41 Å². The number of fused-ring (bicyclic) bond motifs is 3. The van der Waals surface area contributed by atoms with Crippen molar-refractivity contribution in [1.82, 2.24) is 0 Å². The van der Waals surface area contributed by atoms with E-state index in [0.717, 1.165) is 23.1 Å². The van der Waals surface area contributed by atoms with E-state index in [4.69, 9.17) is 0 Å². The molecule has 3 nitrogen and oxygen atoms in total. The van der Waals surface area contributed by atoms with E-state index < -0.39 is 17.5 Å². The van der Waals surface area contributed by atoms with Gasteiger partial charge in [0.25, 0.3) is 0 Å². The average molecular weight is 284 g/mol. The number of benzene rings is 1. The summed E-state index contributed by atoms with van der Waals surface area (Å²) in [5, 5.41) is 20.7. The van der Waals surface area contributed by atoms with Crippen LogP contribution in [0.4, 0.5) is 0 Å². The molecule has 3 heteroatoms. The first-order valence-electron chi connectivity index (χ1n) is 7.62. The summed E-state index contributed by atoms with van der Waals surface area (Å²) in [6.07, 6.45) is 2.75. The number of aliphatic carboxylic acids is 1. The molecule has 2 bridgehead atoms. The summed E-state index contributed by atoms with van der Waals surface area (Å²) in [5.74, 6) is -1.02. The Labute approximate surface area is 124 Å². The molecular formula is C18H20O3. The summed E-state index contributed by atoms with van der Waals surface area (Å²) in [6.45, 7) is 6.06. The zero-order chi connectivity index (χ0) is 15.0. The third-order valence-corrected chi connectivity index (χ3v) is 6.21. The Hall–Kier alpha value is -1.61. The van der Waals surface area contributed by atoms with E-state index in [1.807, 2.05) is 19.1 Å². The summed E-state index contributed by atoms with van der Waals surface area (Å²) >= 11 is 0. The van der Waals surface area contributed by atoms with Crippen LogP contribution in [0.15, 0.2) is 30.4 Å². The lowest BCUT2D eigenvalue weighted by molar-refractivity contribution is -0.143. The molecule has 110 valence electrons. The van der Waals surface area contributed by atoms with Crippen LogP contribution in [-0.2, 0) is 4.79 Å². The van der Waals surface area contributed by atoms with E-state index >= 15 is 0 Å². The smallest absolute Gasteiger partial charge is 0.311 e.